The molecule has 2 aromatic heterocycles. The zero-order valence-electron chi connectivity index (χ0n) is 8.65. The summed E-state index contributed by atoms with van der Waals surface area (Å²) in [6.07, 6.45) is -2.00. The van der Waals surface area contributed by atoms with Crippen molar-refractivity contribution in [3.05, 3.63) is 41.9 Å². The van der Waals surface area contributed by atoms with Gasteiger partial charge in [0.15, 0.2) is 11.5 Å². The van der Waals surface area contributed by atoms with Crippen LogP contribution >= 0.6 is 0 Å². The number of rotatable bonds is 2. The van der Waals surface area contributed by atoms with Crippen LogP contribution in [-0.4, -0.2) is 14.8 Å². The Labute approximate surface area is 94.9 Å². The predicted molar refractivity (Wildman–Crippen MR) is 54.3 cm³/mol. The maximum Gasteiger partial charge on any atom is 0.433 e. The summed E-state index contributed by atoms with van der Waals surface area (Å²) >= 11 is 0. The van der Waals surface area contributed by atoms with Gasteiger partial charge in [-0.05, 0) is 12.1 Å². The standard InChI is InChI=1S/C10H9F3N4/c11-10(12,13)9-7(5-14)6-16-17(9)8-3-1-2-4-15-8/h1-4,6H,5,14H2. The minimum Gasteiger partial charge on any atom is -0.326 e. The highest BCUT2D eigenvalue weighted by Gasteiger charge is 2.38. The molecule has 17 heavy (non-hydrogen) atoms. The molecule has 2 heterocycles. The van der Waals surface area contributed by atoms with Crippen LogP contribution < -0.4 is 5.73 Å². The van der Waals surface area contributed by atoms with E-state index < -0.39 is 11.9 Å². The van der Waals surface area contributed by atoms with E-state index in [2.05, 4.69) is 10.1 Å². The summed E-state index contributed by atoms with van der Waals surface area (Å²) in [5, 5.41) is 3.68. The summed E-state index contributed by atoms with van der Waals surface area (Å²) in [5.74, 6) is 0.111. The fourth-order valence-electron chi connectivity index (χ4n) is 1.49. The van der Waals surface area contributed by atoms with E-state index >= 15 is 0 Å². The van der Waals surface area contributed by atoms with Gasteiger partial charge in [-0.25, -0.2) is 9.67 Å². The first-order valence-corrected chi connectivity index (χ1v) is 4.79. The fraction of sp³-hybridized carbons (Fsp3) is 0.200. The molecule has 2 N–H and O–H groups in total. The second kappa shape index (κ2) is 4.17. The normalized spacial score (nSPS) is 11.8. The SMILES string of the molecule is NCc1cnn(-c2ccccn2)c1C(F)(F)F. The van der Waals surface area contributed by atoms with Gasteiger partial charge in [-0.15, -0.1) is 0 Å². The maximum absolute atomic E-state index is 12.9. The van der Waals surface area contributed by atoms with Crippen LogP contribution in [0.5, 0.6) is 0 Å². The van der Waals surface area contributed by atoms with Crippen LogP contribution in [0.15, 0.2) is 30.6 Å². The highest BCUT2D eigenvalue weighted by molar-refractivity contribution is 5.30. The molecule has 90 valence electrons. The number of nitrogens with zero attached hydrogens (tertiary/aromatic N) is 3. The zero-order valence-corrected chi connectivity index (χ0v) is 8.65. The molecule has 0 aromatic carbocycles. The van der Waals surface area contributed by atoms with E-state index in [0.717, 1.165) is 10.9 Å². The van der Waals surface area contributed by atoms with Crippen LogP contribution in [0.2, 0.25) is 0 Å². The smallest absolute Gasteiger partial charge is 0.326 e. The Balaban J connectivity index is 2.60. The van der Waals surface area contributed by atoms with Crippen molar-refractivity contribution >= 4 is 0 Å². The van der Waals surface area contributed by atoms with Crippen molar-refractivity contribution in [2.75, 3.05) is 0 Å². The minimum atomic E-state index is -4.51. The van der Waals surface area contributed by atoms with E-state index in [1.807, 2.05) is 0 Å². The molecule has 0 aliphatic carbocycles. The summed E-state index contributed by atoms with van der Waals surface area (Å²) in [7, 11) is 0. The van der Waals surface area contributed by atoms with E-state index in [-0.39, 0.29) is 17.9 Å². The molecule has 0 amide bonds. The van der Waals surface area contributed by atoms with Gasteiger partial charge in [-0.1, -0.05) is 6.07 Å². The lowest BCUT2D eigenvalue weighted by Crippen LogP contribution is -2.17. The van der Waals surface area contributed by atoms with Crippen molar-refractivity contribution in [3.63, 3.8) is 0 Å². The largest absolute Gasteiger partial charge is 0.433 e. The molecule has 0 radical (unpaired) electrons. The first kappa shape index (κ1) is 11.6. The van der Waals surface area contributed by atoms with Gasteiger partial charge < -0.3 is 5.73 Å². The highest BCUT2D eigenvalue weighted by Crippen LogP contribution is 2.32. The predicted octanol–water partition coefficient (Wildman–Crippen LogP) is 1.74. The molecular formula is C10H9F3N4. The minimum absolute atomic E-state index is 0.0526. The van der Waals surface area contributed by atoms with Gasteiger partial charge in [0.25, 0.3) is 0 Å². The lowest BCUT2D eigenvalue weighted by Gasteiger charge is -2.11. The van der Waals surface area contributed by atoms with E-state index in [1.165, 1.54) is 12.3 Å². The van der Waals surface area contributed by atoms with Gasteiger partial charge in [0, 0.05) is 18.3 Å². The van der Waals surface area contributed by atoms with Gasteiger partial charge in [0.2, 0.25) is 0 Å². The number of pyridine rings is 1. The third-order valence-electron chi connectivity index (χ3n) is 2.20. The third-order valence-corrected chi connectivity index (χ3v) is 2.20. The van der Waals surface area contributed by atoms with E-state index in [9.17, 15) is 13.2 Å². The topological polar surface area (TPSA) is 56.7 Å². The molecule has 0 aliphatic heterocycles. The summed E-state index contributed by atoms with van der Waals surface area (Å²) in [4.78, 5) is 3.83. The Kier molecular flexibility index (Phi) is 2.84. The molecular weight excluding hydrogens is 233 g/mol. The average Bonchev–Trinajstić information content (AvgIpc) is 2.73. The van der Waals surface area contributed by atoms with E-state index in [4.69, 9.17) is 5.73 Å². The maximum atomic E-state index is 12.9. The quantitative estimate of drug-likeness (QED) is 0.872. The number of aromatic nitrogens is 3. The molecule has 0 saturated carbocycles. The van der Waals surface area contributed by atoms with Crippen molar-refractivity contribution in [2.24, 2.45) is 5.73 Å². The Morgan fingerprint density at radius 3 is 2.59 bits per heavy atom. The van der Waals surface area contributed by atoms with Gasteiger partial charge in [0.05, 0.1) is 6.20 Å². The van der Waals surface area contributed by atoms with Crippen LogP contribution in [0, 0.1) is 0 Å². The molecule has 7 heteroatoms. The number of alkyl halides is 3. The fourth-order valence-corrected chi connectivity index (χ4v) is 1.49. The summed E-state index contributed by atoms with van der Waals surface area (Å²) in [6.45, 7) is -0.221. The highest BCUT2D eigenvalue weighted by atomic mass is 19.4. The molecule has 0 fully saturated rings. The van der Waals surface area contributed by atoms with Gasteiger partial charge in [-0.2, -0.15) is 18.3 Å². The summed E-state index contributed by atoms with van der Waals surface area (Å²) < 4.78 is 39.4. The number of nitrogens with two attached hydrogens (primary N) is 1. The molecule has 0 bridgehead atoms. The van der Waals surface area contributed by atoms with Crippen molar-refractivity contribution in [2.45, 2.75) is 12.7 Å². The average molecular weight is 242 g/mol. The Hall–Kier alpha value is -1.89. The van der Waals surface area contributed by atoms with Crippen molar-refractivity contribution in [3.8, 4) is 5.82 Å². The van der Waals surface area contributed by atoms with Gasteiger partial charge >= 0.3 is 6.18 Å². The molecule has 0 spiro atoms. The number of halogens is 3. The van der Waals surface area contributed by atoms with Gasteiger partial charge in [0.1, 0.15) is 0 Å². The Morgan fingerprint density at radius 1 is 1.29 bits per heavy atom. The van der Waals surface area contributed by atoms with Crippen molar-refractivity contribution in [1.29, 1.82) is 0 Å². The van der Waals surface area contributed by atoms with Crippen LogP contribution in [0.3, 0.4) is 0 Å². The van der Waals surface area contributed by atoms with Crippen LogP contribution in [0.1, 0.15) is 11.3 Å². The van der Waals surface area contributed by atoms with E-state index in [1.54, 1.807) is 12.1 Å². The summed E-state index contributed by atoms with van der Waals surface area (Å²) in [5.41, 5.74) is 4.34. The lowest BCUT2D eigenvalue weighted by atomic mass is 10.2. The zero-order chi connectivity index (χ0) is 12.5. The van der Waals surface area contributed by atoms with Gasteiger partial charge in [-0.3, -0.25) is 0 Å². The van der Waals surface area contributed by atoms with Crippen LogP contribution in [0.4, 0.5) is 13.2 Å². The lowest BCUT2D eigenvalue weighted by molar-refractivity contribution is -0.143. The third kappa shape index (κ3) is 2.14. The Bertz CT molecular complexity index is 504. The molecule has 4 nitrogen and oxygen atoms in total. The molecule has 0 aliphatic rings. The first-order chi connectivity index (χ1) is 8.04. The Morgan fingerprint density at radius 2 is 2.06 bits per heavy atom. The molecule has 2 aromatic rings. The number of hydrogen-bond donors (Lipinski definition) is 1. The van der Waals surface area contributed by atoms with Crippen LogP contribution in [-0.2, 0) is 12.7 Å². The second-order valence-electron chi connectivity index (χ2n) is 3.32. The molecule has 0 unspecified atom stereocenters. The first-order valence-electron chi connectivity index (χ1n) is 4.79. The second-order valence-corrected chi connectivity index (χ2v) is 3.32. The molecule has 2 rings (SSSR count). The molecule has 0 saturated heterocycles. The summed E-state index contributed by atoms with van der Waals surface area (Å²) in [6, 6.07) is 4.65. The van der Waals surface area contributed by atoms with E-state index in [0.29, 0.717) is 0 Å². The monoisotopic (exact) mass is 242 g/mol. The van der Waals surface area contributed by atoms with Crippen molar-refractivity contribution in [1.82, 2.24) is 14.8 Å². The van der Waals surface area contributed by atoms with Crippen LogP contribution in [0.25, 0.3) is 5.82 Å². The number of hydrogen-bond acceptors (Lipinski definition) is 3. The molecule has 0 atom stereocenters. The van der Waals surface area contributed by atoms with Crippen molar-refractivity contribution < 1.29 is 13.2 Å².